The van der Waals surface area contributed by atoms with E-state index < -0.39 is 0 Å². The SMILES string of the molecule is C=C/C=c1/[nH]c2cc(OCCOC)c3[nH]c4ccccc4c3c2/c1=C/C. The van der Waals surface area contributed by atoms with E-state index in [1.807, 2.05) is 12.1 Å². The first-order valence-corrected chi connectivity index (χ1v) is 8.74. The number of hydrogen-bond donors (Lipinski definition) is 2. The summed E-state index contributed by atoms with van der Waals surface area (Å²) in [5, 5.41) is 5.80. The van der Waals surface area contributed by atoms with Crippen molar-refractivity contribution in [1.82, 2.24) is 9.97 Å². The van der Waals surface area contributed by atoms with Gasteiger partial charge in [0, 0.05) is 45.4 Å². The molecule has 2 aromatic carbocycles. The van der Waals surface area contributed by atoms with Gasteiger partial charge in [0.05, 0.1) is 17.6 Å². The summed E-state index contributed by atoms with van der Waals surface area (Å²) in [7, 11) is 1.68. The van der Waals surface area contributed by atoms with Gasteiger partial charge in [0.25, 0.3) is 0 Å². The van der Waals surface area contributed by atoms with Crippen molar-refractivity contribution < 1.29 is 9.47 Å². The number of aromatic nitrogens is 2. The molecule has 0 saturated heterocycles. The Morgan fingerprint density at radius 2 is 1.92 bits per heavy atom. The first-order valence-electron chi connectivity index (χ1n) is 8.74. The van der Waals surface area contributed by atoms with E-state index in [1.165, 1.54) is 21.4 Å². The molecule has 132 valence electrons. The number of allylic oxidation sites excluding steroid dienone is 1. The van der Waals surface area contributed by atoms with Gasteiger partial charge >= 0.3 is 0 Å². The molecule has 4 heteroatoms. The minimum Gasteiger partial charge on any atom is -0.489 e. The van der Waals surface area contributed by atoms with Crippen molar-refractivity contribution in [3.8, 4) is 5.75 Å². The van der Waals surface area contributed by atoms with Crippen LogP contribution in [0.5, 0.6) is 5.75 Å². The van der Waals surface area contributed by atoms with E-state index in [1.54, 1.807) is 13.2 Å². The molecule has 0 aliphatic carbocycles. The van der Waals surface area contributed by atoms with Crippen LogP contribution in [0.1, 0.15) is 6.92 Å². The number of nitrogens with one attached hydrogen (secondary N) is 2. The van der Waals surface area contributed by atoms with Crippen molar-refractivity contribution in [2.45, 2.75) is 6.92 Å². The van der Waals surface area contributed by atoms with Gasteiger partial charge in [-0.15, -0.1) is 0 Å². The average molecular weight is 346 g/mol. The maximum absolute atomic E-state index is 6.02. The molecular weight excluding hydrogens is 324 g/mol. The molecule has 0 unspecified atom stereocenters. The molecule has 26 heavy (non-hydrogen) atoms. The van der Waals surface area contributed by atoms with Crippen LogP contribution in [0.25, 0.3) is 44.9 Å². The molecule has 0 aliphatic rings. The Kier molecular flexibility index (Phi) is 4.27. The van der Waals surface area contributed by atoms with Crippen LogP contribution >= 0.6 is 0 Å². The first-order chi connectivity index (χ1) is 12.8. The number of ether oxygens (including phenoxy) is 2. The predicted octanol–water partition coefficient (Wildman–Crippen LogP) is 3.59. The Morgan fingerprint density at radius 1 is 1.08 bits per heavy atom. The van der Waals surface area contributed by atoms with E-state index in [9.17, 15) is 0 Å². The van der Waals surface area contributed by atoms with Gasteiger partial charge < -0.3 is 19.4 Å². The summed E-state index contributed by atoms with van der Waals surface area (Å²) >= 11 is 0. The van der Waals surface area contributed by atoms with Crippen molar-refractivity contribution in [2.75, 3.05) is 20.3 Å². The number of benzene rings is 2. The van der Waals surface area contributed by atoms with Crippen molar-refractivity contribution in [3.63, 3.8) is 0 Å². The summed E-state index contributed by atoms with van der Waals surface area (Å²) in [6.07, 6.45) is 5.95. The highest BCUT2D eigenvalue weighted by Crippen LogP contribution is 2.36. The summed E-state index contributed by atoms with van der Waals surface area (Å²) < 4.78 is 11.2. The lowest BCUT2D eigenvalue weighted by Crippen LogP contribution is -2.21. The van der Waals surface area contributed by atoms with Gasteiger partial charge in [0.15, 0.2) is 0 Å². The van der Waals surface area contributed by atoms with Crippen molar-refractivity contribution in [1.29, 1.82) is 0 Å². The summed E-state index contributed by atoms with van der Waals surface area (Å²) in [5.74, 6) is 0.829. The van der Waals surface area contributed by atoms with Crippen LogP contribution in [0.2, 0.25) is 0 Å². The monoisotopic (exact) mass is 346 g/mol. The third-order valence-electron chi connectivity index (χ3n) is 4.69. The minimum atomic E-state index is 0.506. The highest BCUT2D eigenvalue weighted by molar-refractivity contribution is 6.21. The highest BCUT2D eigenvalue weighted by atomic mass is 16.5. The number of H-pyrrole nitrogens is 2. The van der Waals surface area contributed by atoms with E-state index in [0.29, 0.717) is 13.2 Å². The highest BCUT2D eigenvalue weighted by Gasteiger charge is 2.15. The molecule has 4 nitrogen and oxygen atoms in total. The van der Waals surface area contributed by atoms with Gasteiger partial charge in [0.1, 0.15) is 12.4 Å². The molecule has 0 aliphatic heterocycles. The van der Waals surface area contributed by atoms with E-state index in [4.69, 9.17) is 9.47 Å². The van der Waals surface area contributed by atoms with Crippen LogP contribution in [-0.2, 0) is 4.74 Å². The Labute approximate surface area is 151 Å². The Bertz CT molecular complexity index is 1230. The van der Waals surface area contributed by atoms with Crippen LogP contribution in [0.3, 0.4) is 0 Å². The summed E-state index contributed by atoms with van der Waals surface area (Å²) in [6.45, 7) is 6.95. The molecule has 0 amide bonds. The van der Waals surface area contributed by atoms with Crippen molar-refractivity contribution in [2.24, 2.45) is 0 Å². The maximum Gasteiger partial charge on any atom is 0.145 e. The Balaban J connectivity index is 2.17. The van der Waals surface area contributed by atoms with Crippen LogP contribution in [-0.4, -0.2) is 30.3 Å². The lowest BCUT2D eigenvalue weighted by atomic mass is 10.1. The smallest absolute Gasteiger partial charge is 0.145 e. The van der Waals surface area contributed by atoms with Crippen molar-refractivity contribution in [3.05, 3.63) is 53.6 Å². The molecule has 0 fully saturated rings. The zero-order chi connectivity index (χ0) is 18.1. The van der Waals surface area contributed by atoms with Gasteiger partial charge in [-0.25, -0.2) is 0 Å². The predicted molar refractivity (Wildman–Crippen MR) is 109 cm³/mol. The van der Waals surface area contributed by atoms with E-state index in [2.05, 4.69) is 53.8 Å². The summed E-state index contributed by atoms with van der Waals surface area (Å²) in [5.41, 5.74) is 3.17. The number of aromatic amines is 2. The van der Waals surface area contributed by atoms with Crippen LogP contribution < -0.4 is 15.3 Å². The number of fused-ring (bicyclic) bond motifs is 5. The Morgan fingerprint density at radius 3 is 2.69 bits per heavy atom. The Hall–Kier alpha value is -2.98. The lowest BCUT2D eigenvalue weighted by molar-refractivity contribution is 0.147. The topological polar surface area (TPSA) is 50.0 Å². The maximum atomic E-state index is 6.02. The molecule has 2 aromatic heterocycles. The molecule has 2 N–H and O–H groups in total. The molecule has 4 rings (SSSR count). The fourth-order valence-electron chi connectivity index (χ4n) is 3.62. The second-order valence-electron chi connectivity index (χ2n) is 6.20. The molecule has 0 saturated carbocycles. The fourth-order valence-corrected chi connectivity index (χ4v) is 3.62. The first kappa shape index (κ1) is 16.5. The standard InChI is InChI=1S/C22H22N2O2/c1-4-8-16-14(5-2)20-18(23-16)13-19(26-12-11-25-3)22-21(20)15-9-6-7-10-17(15)24-22/h4-10,13,23-24H,1,11-12H2,2-3H3/b14-5+,16-8+. The van der Waals surface area contributed by atoms with Gasteiger partial charge in [-0.2, -0.15) is 0 Å². The van der Waals surface area contributed by atoms with Crippen LogP contribution in [0.15, 0.2) is 43.0 Å². The average Bonchev–Trinajstić information content (AvgIpc) is 3.19. The van der Waals surface area contributed by atoms with Crippen LogP contribution in [0.4, 0.5) is 0 Å². The number of para-hydroxylation sites is 1. The molecule has 4 aromatic rings. The van der Waals surface area contributed by atoms with Crippen molar-refractivity contribution >= 4 is 44.9 Å². The van der Waals surface area contributed by atoms with Gasteiger partial charge in [-0.3, -0.25) is 0 Å². The third-order valence-corrected chi connectivity index (χ3v) is 4.69. The van der Waals surface area contributed by atoms with E-state index >= 15 is 0 Å². The molecule has 0 bridgehead atoms. The molecule has 0 radical (unpaired) electrons. The molecule has 0 spiro atoms. The quantitative estimate of drug-likeness (QED) is 0.543. The van der Waals surface area contributed by atoms with E-state index in [0.717, 1.165) is 27.6 Å². The van der Waals surface area contributed by atoms with Crippen LogP contribution in [0, 0.1) is 0 Å². The molecule has 2 heterocycles. The lowest BCUT2D eigenvalue weighted by Gasteiger charge is -2.08. The van der Waals surface area contributed by atoms with Gasteiger partial charge in [-0.05, 0) is 19.1 Å². The normalized spacial score (nSPS) is 13.3. The number of hydrogen-bond acceptors (Lipinski definition) is 2. The second-order valence-corrected chi connectivity index (χ2v) is 6.20. The molecule has 0 atom stereocenters. The zero-order valence-corrected chi connectivity index (χ0v) is 15.1. The summed E-state index contributed by atoms with van der Waals surface area (Å²) in [4.78, 5) is 7.04. The van der Waals surface area contributed by atoms with Gasteiger partial charge in [-0.1, -0.05) is 36.9 Å². The third kappa shape index (κ3) is 2.50. The number of methoxy groups -OCH3 is 1. The van der Waals surface area contributed by atoms with Gasteiger partial charge in [0.2, 0.25) is 0 Å². The number of rotatable bonds is 5. The zero-order valence-electron chi connectivity index (χ0n) is 15.1. The summed E-state index contributed by atoms with van der Waals surface area (Å²) in [6, 6.07) is 10.4. The largest absolute Gasteiger partial charge is 0.489 e. The second kappa shape index (κ2) is 6.73. The van der Waals surface area contributed by atoms with E-state index in [-0.39, 0.29) is 0 Å². The minimum absolute atomic E-state index is 0.506. The fraction of sp³-hybridized carbons (Fsp3) is 0.182. The molecular formula is C22H22N2O2.